The molecule has 7 heteroatoms. The molecule has 49 heavy (non-hydrogen) atoms. The van der Waals surface area contributed by atoms with Crippen molar-refractivity contribution in [1.82, 2.24) is 4.90 Å². The molecule has 0 spiro atoms. The van der Waals surface area contributed by atoms with Gasteiger partial charge in [-0.1, -0.05) is 117 Å². The molecule has 0 aliphatic rings. The van der Waals surface area contributed by atoms with Crippen LogP contribution in [0.5, 0.6) is 0 Å². The van der Waals surface area contributed by atoms with Gasteiger partial charge in [-0.25, -0.2) is 0 Å². The third-order valence-electron chi connectivity index (χ3n) is 9.78. The van der Waals surface area contributed by atoms with Gasteiger partial charge in [0.2, 0.25) is 0 Å². The second-order valence-corrected chi connectivity index (χ2v) is 16.1. The Bertz CT molecular complexity index is 770. The van der Waals surface area contributed by atoms with Crippen LogP contribution in [0, 0.1) is 10.8 Å². The third-order valence-corrected chi connectivity index (χ3v) is 9.78. The van der Waals surface area contributed by atoms with Crippen molar-refractivity contribution in [2.45, 2.75) is 208 Å². The van der Waals surface area contributed by atoms with Gasteiger partial charge in [0.1, 0.15) is 6.10 Å². The highest BCUT2D eigenvalue weighted by Gasteiger charge is 2.29. The monoisotopic (exact) mass is 696 g/mol. The van der Waals surface area contributed by atoms with Crippen LogP contribution in [-0.4, -0.2) is 62.8 Å². The van der Waals surface area contributed by atoms with E-state index in [1.165, 1.54) is 64.2 Å². The van der Waals surface area contributed by atoms with E-state index < -0.39 is 10.8 Å². The van der Waals surface area contributed by atoms with Gasteiger partial charge in [0.25, 0.3) is 0 Å². The summed E-state index contributed by atoms with van der Waals surface area (Å²) in [4.78, 5) is 40.0. The fourth-order valence-corrected chi connectivity index (χ4v) is 6.10. The Morgan fingerprint density at radius 2 is 0.898 bits per heavy atom. The molecule has 0 unspecified atom stereocenters. The van der Waals surface area contributed by atoms with Crippen molar-refractivity contribution in [3.63, 3.8) is 0 Å². The second-order valence-electron chi connectivity index (χ2n) is 16.1. The van der Waals surface area contributed by atoms with Crippen LogP contribution >= 0.6 is 0 Å². The van der Waals surface area contributed by atoms with Crippen molar-refractivity contribution in [2.24, 2.45) is 10.8 Å². The molecule has 0 N–H and O–H groups in total. The molecule has 0 amide bonds. The molecule has 0 radical (unpaired) electrons. The molecule has 0 atom stereocenters. The van der Waals surface area contributed by atoms with E-state index in [1.807, 2.05) is 46.7 Å². The number of carbonyl (C=O) groups excluding carboxylic acids is 3. The highest BCUT2D eigenvalue weighted by molar-refractivity contribution is 5.76. The summed E-state index contributed by atoms with van der Waals surface area (Å²) in [6, 6.07) is 0. The molecule has 290 valence electrons. The van der Waals surface area contributed by atoms with E-state index in [4.69, 9.17) is 14.2 Å². The van der Waals surface area contributed by atoms with Crippen LogP contribution in [0.15, 0.2) is 0 Å². The fourth-order valence-electron chi connectivity index (χ4n) is 6.10. The predicted octanol–water partition coefficient (Wildman–Crippen LogP) is 11.4. The van der Waals surface area contributed by atoms with Gasteiger partial charge in [-0.3, -0.25) is 14.4 Å². The van der Waals surface area contributed by atoms with Crippen molar-refractivity contribution in [3.05, 3.63) is 0 Å². The van der Waals surface area contributed by atoms with Crippen LogP contribution in [0.4, 0.5) is 0 Å². The topological polar surface area (TPSA) is 82.1 Å². The van der Waals surface area contributed by atoms with Crippen LogP contribution in [0.25, 0.3) is 0 Å². The van der Waals surface area contributed by atoms with E-state index in [1.54, 1.807) is 0 Å². The normalized spacial score (nSPS) is 12.1. The van der Waals surface area contributed by atoms with Gasteiger partial charge in [0, 0.05) is 6.54 Å². The zero-order valence-electron chi connectivity index (χ0n) is 33.8. The van der Waals surface area contributed by atoms with Crippen LogP contribution in [0.1, 0.15) is 202 Å². The molecular formula is C42H81NO6. The molecular weight excluding hydrogens is 614 g/mol. The summed E-state index contributed by atoms with van der Waals surface area (Å²) in [5, 5.41) is 0. The summed E-state index contributed by atoms with van der Waals surface area (Å²) in [5.41, 5.74) is -0.958. The first-order valence-electron chi connectivity index (χ1n) is 20.5. The third kappa shape index (κ3) is 27.7. The molecule has 0 aliphatic carbocycles. The van der Waals surface area contributed by atoms with Crippen LogP contribution in [0.3, 0.4) is 0 Å². The summed E-state index contributed by atoms with van der Waals surface area (Å²) in [7, 11) is 3.93. The minimum Gasteiger partial charge on any atom is -0.465 e. The van der Waals surface area contributed by atoms with Gasteiger partial charge in [-0.05, 0) is 93.2 Å². The number of ether oxygens (including phenoxy) is 3. The molecule has 0 fully saturated rings. The highest BCUT2D eigenvalue weighted by atomic mass is 16.5. The smallest absolute Gasteiger partial charge is 0.311 e. The van der Waals surface area contributed by atoms with Gasteiger partial charge >= 0.3 is 17.9 Å². The summed E-state index contributed by atoms with van der Waals surface area (Å²) >= 11 is 0. The number of unbranched alkanes of at least 4 members (excludes halogenated alkanes) is 16. The first-order valence-corrected chi connectivity index (χ1v) is 20.5. The SMILES string of the molecule is CCCCCCCCCOC(=O)C(C)(C)CCCCCC(CCCCCC(C)(C)C(=O)OCCCCCCCCC)OC(=O)CCN(C)C. The molecule has 0 saturated heterocycles. The van der Waals surface area contributed by atoms with Gasteiger partial charge in [0.05, 0.1) is 30.5 Å². The standard InChI is InChI=1S/C42H81NO6/c1-9-11-13-15-17-19-27-35-47-39(45)41(3,4)32-25-21-23-29-37(49-38(44)31-34-43(7)8)30-24-22-26-33-42(5,6)40(46)48-36-28-20-18-16-14-12-10-2/h37H,9-36H2,1-8H3. The summed E-state index contributed by atoms with van der Waals surface area (Å²) in [5.74, 6) is -0.306. The number of carbonyl (C=O) groups is 3. The van der Waals surface area contributed by atoms with E-state index in [-0.39, 0.29) is 24.0 Å². The first-order chi connectivity index (χ1) is 23.4. The lowest BCUT2D eigenvalue weighted by molar-refractivity contribution is -0.155. The summed E-state index contributed by atoms with van der Waals surface area (Å²) < 4.78 is 17.2. The lowest BCUT2D eigenvalue weighted by atomic mass is 9.86. The van der Waals surface area contributed by atoms with E-state index in [2.05, 4.69) is 13.8 Å². The molecule has 0 aliphatic heterocycles. The lowest BCUT2D eigenvalue weighted by Crippen LogP contribution is -2.27. The van der Waals surface area contributed by atoms with E-state index in [0.717, 1.165) is 89.9 Å². The molecule has 0 saturated carbocycles. The summed E-state index contributed by atoms with van der Waals surface area (Å²) in [6.45, 7) is 14.2. The van der Waals surface area contributed by atoms with Gasteiger partial charge in [-0.2, -0.15) is 0 Å². The second kappa shape index (κ2) is 30.0. The largest absolute Gasteiger partial charge is 0.465 e. The van der Waals surface area contributed by atoms with Gasteiger partial charge in [0.15, 0.2) is 0 Å². The number of hydrogen-bond acceptors (Lipinski definition) is 7. The lowest BCUT2D eigenvalue weighted by Gasteiger charge is -2.23. The quantitative estimate of drug-likeness (QED) is 0.0376. The highest BCUT2D eigenvalue weighted by Crippen LogP contribution is 2.28. The van der Waals surface area contributed by atoms with Crippen molar-refractivity contribution in [3.8, 4) is 0 Å². The maximum absolute atomic E-state index is 12.7. The summed E-state index contributed by atoms with van der Waals surface area (Å²) in [6.07, 6.45) is 26.3. The maximum Gasteiger partial charge on any atom is 0.311 e. The predicted molar refractivity (Wildman–Crippen MR) is 205 cm³/mol. The Hall–Kier alpha value is -1.63. The molecule has 0 heterocycles. The first kappa shape index (κ1) is 47.4. The minimum atomic E-state index is -0.479. The number of rotatable bonds is 34. The minimum absolute atomic E-state index is 0.0872. The Morgan fingerprint density at radius 3 is 1.29 bits per heavy atom. The maximum atomic E-state index is 12.7. The van der Waals surface area contributed by atoms with Gasteiger partial charge < -0.3 is 19.1 Å². The molecule has 0 aromatic rings. The van der Waals surface area contributed by atoms with E-state index >= 15 is 0 Å². The zero-order chi connectivity index (χ0) is 36.8. The molecule has 0 aromatic heterocycles. The van der Waals surface area contributed by atoms with Crippen molar-refractivity contribution in [2.75, 3.05) is 33.9 Å². The number of nitrogens with zero attached hydrogens (tertiary/aromatic N) is 1. The molecule has 0 aromatic carbocycles. The van der Waals surface area contributed by atoms with E-state index in [9.17, 15) is 14.4 Å². The van der Waals surface area contributed by atoms with E-state index in [0.29, 0.717) is 26.2 Å². The van der Waals surface area contributed by atoms with Gasteiger partial charge in [-0.15, -0.1) is 0 Å². The zero-order valence-corrected chi connectivity index (χ0v) is 33.8. The van der Waals surface area contributed by atoms with Crippen LogP contribution in [-0.2, 0) is 28.6 Å². The Labute approximate surface area is 303 Å². The molecule has 0 bridgehead atoms. The van der Waals surface area contributed by atoms with Crippen molar-refractivity contribution in [1.29, 1.82) is 0 Å². The van der Waals surface area contributed by atoms with Crippen LogP contribution in [0.2, 0.25) is 0 Å². The molecule has 0 rings (SSSR count). The Balaban J connectivity index is 4.46. The number of esters is 3. The van der Waals surface area contributed by atoms with Crippen LogP contribution < -0.4 is 0 Å². The fraction of sp³-hybridized carbons (Fsp3) is 0.929. The van der Waals surface area contributed by atoms with Crippen molar-refractivity contribution < 1.29 is 28.6 Å². The Kier molecular flexibility index (Phi) is 29.0. The average Bonchev–Trinajstić information content (AvgIpc) is 3.05. The average molecular weight is 696 g/mol. The number of hydrogen-bond donors (Lipinski definition) is 0. The Morgan fingerprint density at radius 1 is 0.531 bits per heavy atom. The van der Waals surface area contributed by atoms with Crippen molar-refractivity contribution >= 4 is 17.9 Å². The molecule has 7 nitrogen and oxygen atoms in total.